The quantitative estimate of drug-likeness (QED) is 0.864. The van der Waals surface area contributed by atoms with Crippen LogP contribution in [0.5, 0.6) is 5.75 Å². The van der Waals surface area contributed by atoms with Crippen molar-refractivity contribution in [2.24, 2.45) is 11.7 Å². The number of amides is 1. The molecule has 0 radical (unpaired) electrons. The van der Waals surface area contributed by atoms with Gasteiger partial charge < -0.3 is 15.2 Å². The van der Waals surface area contributed by atoms with Crippen LogP contribution in [0.15, 0.2) is 24.3 Å². The maximum absolute atomic E-state index is 12.0. The molecule has 0 spiro atoms. The molecule has 2 fully saturated rings. The van der Waals surface area contributed by atoms with Gasteiger partial charge in [-0.3, -0.25) is 14.6 Å². The number of carbonyl (C=O) groups excluding carboxylic acids is 1. The molecule has 2 heterocycles. The van der Waals surface area contributed by atoms with E-state index in [1.54, 1.807) is 7.11 Å². The van der Waals surface area contributed by atoms with E-state index in [9.17, 15) is 4.79 Å². The lowest BCUT2D eigenvalue weighted by Crippen LogP contribution is -2.44. The minimum Gasteiger partial charge on any atom is -0.497 e. The van der Waals surface area contributed by atoms with Crippen LogP contribution in [0.3, 0.4) is 0 Å². The van der Waals surface area contributed by atoms with E-state index in [1.165, 1.54) is 5.56 Å². The summed E-state index contributed by atoms with van der Waals surface area (Å²) in [6.07, 6.45) is 2.09. The molecule has 0 saturated carbocycles. The summed E-state index contributed by atoms with van der Waals surface area (Å²) >= 11 is 0. The number of benzene rings is 1. The van der Waals surface area contributed by atoms with Crippen molar-refractivity contribution < 1.29 is 14.3 Å². The average Bonchev–Trinajstić information content (AvgIpc) is 2.85. The molecule has 138 valence electrons. The Morgan fingerprint density at radius 1 is 1.28 bits per heavy atom. The molecule has 1 aromatic carbocycles. The van der Waals surface area contributed by atoms with Crippen LogP contribution < -0.4 is 10.5 Å². The van der Waals surface area contributed by atoms with E-state index in [1.807, 2.05) is 12.1 Å². The second kappa shape index (κ2) is 8.65. The van der Waals surface area contributed by atoms with Crippen LogP contribution in [0, 0.1) is 5.92 Å². The lowest BCUT2D eigenvalue weighted by atomic mass is 10.0. The number of primary amides is 1. The predicted molar refractivity (Wildman–Crippen MR) is 96.4 cm³/mol. The maximum Gasteiger partial charge on any atom is 0.223 e. The molecule has 2 aliphatic rings. The van der Waals surface area contributed by atoms with E-state index < -0.39 is 0 Å². The fraction of sp³-hybridized carbons (Fsp3) is 0.632. The molecule has 6 heteroatoms. The molecule has 0 aliphatic carbocycles. The average molecular weight is 347 g/mol. The second-order valence-electron chi connectivity index (χ2n) is 7.02. The summed E-state index contributed by atoms with van der Waals surface area (Å²) in [5, 5.41) is 0. The zero-order valence-electron chi connectivity index (χ0n) is 15.0. The van der Waals surface area contributed by atoms with Gasteiger partial charge in [0.1, 0.15) is 5.75 Å². The smallest absolute Gasteiger partial charge is 0.223 e. The van der Waals surface area contributed by atoms with Gasteiger partial charge in [-0.05, 0) is 30.5 Å². The Hall–Kier alpha value is -1.63. The third-order valence-corrected chi connectivity index (χ3v) is 5.29. The number of rotatable bonds is 5. The van der Waals surface area contributed by atoms with Crippen molar-refractivity contribution in [2.45, 2.75) is 25.4 Å². The first-order chi connectivity index (χ1) is 12.2. The third-order valence-electron chi connectivity index (χ3n) is 5.29. The van der Waals surface area contributed by atoms with E-state index in [-0.39, 0.29) is 11.8 Å². The minimum atomic E-state index is -0.199. The van der Waals surface area contributed by atoms with Crippen molar-refractivity contribution in [1.29, 1.82) is 0 Å². The fourth-order valence-corrected chi connectivity index (χ4v) is 3.84. The van der Waals surface area contributed by atoms with Crippen molar-refractivity contribution in [3.63, 3.8) is 0 Å². The summed E-state index contributed by atoms with van der Waals surface area (Å²) < 4.78 is 10.8. The van der Waals surface area contributed by atoms with E-state index >= 15 is 0 Å². The zero-order chi connectivity index (χ0) is 17.6. The van der Waals surface area contributed by atoms with Crippen LogP contribution in [-0.4, -0.2) is 68.3 Å². The lowest BCUT2D eigenvalue weighted by molar-refractivity contribution is -0.122. The van der Waals surface area contributed by atoms with Crippen molar-refractivity contribution in [3.05, 3.63) is 29.8 Å². The Kier molecular flexibility index (Phi) is 6.29. The molecule has 6 nitrogen and oxygen atoms in total. The minimum absolute atomic E-state index is 0.129. The summed E-state index contributed by atoms with van der Waals surface area (Å²) in [6.45, 7) is 5.83. The van der Waals surface area contributed by atoms with Gasteiger partial charge in [-0.1, -0.05) is 12.1 Å². The number of nitrogens with two attached hydrogens (primary N) is 1. The molecule has 25 heavy (non-hydrogen) atoms. The largest absolute Gasteiger partial charge is 0.497 e. The Morgan fingerprint density at radius 3 is 2.80 bits per heavy atom. The number of hydrogen-bond donors (Lipinski definition) is 1. The van der Waals surface area contributed by atoms with E-state index in [0.717, 1.165) is 58.0 Å². The van der Waals surface area contributed by atoms with Crippen molar-refractivity contribution in [3.8, 4) is 5.75 Å². The number of ether oxygens (including phenoxy) is 2. The molecule has 2 saturated heterocycles. The van der Waals surface area contributed by atoms with Gasteiger partial charge in [0.25, 0.3) is 0 Å². The highest BCUT2D eigenvalue weighted by molar-refractivity contribution is 5.77. The van der Waals surface area contributed by atoms with Crippen LogP contribution in [-0.2, 0) is 16.1 Å². The molecule has 2 N–H and O–H groups in total. The van der Waals surface area contributed by atoms with Crippen molar-refractivity contribution in [1.82, 2.24) is 9.80 Å². The number of nitrogens with zero attached hydrogens (tertiary/aromatic N) is 2. The van der Waals surface area contributed by atoms with Gasteiger partial charge in [0, 0.05) is 52.0 Å². The van der Waals surface area contributed by atoms with Crippen LogP contribution >= 0.6 is 0 Å². The summed E-state index contributed by atoms with van der Waals surface area (Å²) in [5.74, 6) is 0.535. The first-order valence-corrected chi connectivity index (χ1v) is 9.12. The standard InChI is InChI=1S/C19H29N3O3/c1-24-18-4-2-3-15(11-18)12-21-7-8-22(14-16(13-21)19(20)23)17-5-9-25-10-6-17/h2-4,11,16-17H,5-10,12-14H2,1H3,(H2,20,23)/t16-/m1/s1. The highest BCUT2D eigenvalue weighted by Gasteiger charge is 2.30. The van der Waals surface area contributed by atoms with Gasteiger partial charge in [-0.15, -0.1) is 0 Å². The van der Waals surface area contributed by atoms with E-state index in [2.05, 4.69) is 21.9 Å². The highest BCUT2D eigenvalue weighted by atomic mass is 16.5. The molecule has 0 bridgehead atoms. The first-order valence-electron chi connectivity index (χ1n) is 9.12. The van der Waals surface area contributed by atoms with Crippen LogP contribution in [0.2, 0.25) is 0 Å². The Bertz CT molecular complexity index is 575. The van der Waals surface area contributed by atoms with Gasteiger partial charge in [0.15, 0.2) is 0 Å². The SMILES string of the molecule is COc1cccc(CN2CCN(C3CCOCC3)C[C@H](C(N)=O)C2)c1. The fourth-order valence-electron chi connectivity index (χ4n) is 3.84. The van der Waals surface area contributed by atoms with E-state index in [4.69, 9.17) is 15.2 Å². The summed E-state index contributed by atoms with van der Waals surface area (Å²) in [7, 11) is 1.68. The van der Waals surface area contributed by atoms with Gasteiger partial charge in [0.05, 0.1) is 13.0 Å². The topological polar surface area (TPSA) is 68.0 Å². The number of methoxy groups -OCH3 is 1. The maximum atomic E-state index is 12.0. The normalized spacial score (nSPS) is 24.0. The number of hydrogen-bond acceptors (Lipinski definition) is 5. The molecule has 2 aliphatic heterocycles. The van der Waals surface area contributed by atoms with Crippen LogP contribution in [0.4, 0.5) is 0 Å². The van der Waals surface area contributed by atoms with Gasteiger partial charge in [-0.25, -0.2) is 0 Å². The van der Waals surface area contributed by atoms with Crippen molar-refractivity contribution in [2.75, 3.05) is 46.5 Å². The first kappa shape index (κ1) is 18.2. The van der Waals surface area contributed by atoms with Gasteiger partial charge in [0.2, 0.25) is 5.91 Å². The molecule has 1 atom stereocenters. The summed E-state index contributed by atoms with van der Waals surface area (Å²) in [5.41, 5.74) is 6.89. The molecule has 1 amide bonds. The second-order valence-corrected chi connectivity index (χ2v) is 7.02. The molecule has 3 rings (SSSR count). The predicted octanol–water partition coefficient (Wildman–Crippen LogP) is 1.09. The van der Waals surface area contributed by atoms with E-state index in [0.29, 0.717) is 12.6 Å². The van der Waals surface area contributed by atoms with Gasteiger partial charge in [-0.2, -0.15) is 0 Å². The summed E-state index contributed by atoms with van der Waals surface area (Å²) in [6, 6.07) is 8.62. The van der Waals surface area contributed by atoms with Crippen LogP contribution in [0.25, 0.3) is 0 Å². The molecule has 1 aromatic rings. The molecule has 0 aromatic heterocycles. The highest BCUT2D eigenvalue weighted by Crippen LogP contribution is 2.21. The lowest BCUT2D eigenvalue weighted by Gasteiger charge is -2.34. The van der Waals surface area contributed by atoms with Crippen LogP contribution in [0.1, 0.15) is 18.4 Å². The molecular weight excluding hydrogens is 318 g/mol. The summed E-state index contributed by atoms with van der Waals surface area (Å²) in [4.78, 5) is 16.7. The Balaban J connectivity index is 1.67. The van der Waals surface area contributed by atoms with Gasteiger partial charge >= 0.3 is 0 Å². The molecule has 0 unspecified atom stereocenters. The monoisotopic (exact) mass is 347 g/mol. The number of carbonyl (C=O) groups is 1. The Morgan fingerprint density at radius 2 is 2.08 bits per heavy atom. The van der Waals surface area contributed by atoms with Crippen molar-refractivity contribution >= 4 is 5.91 Å². The Labute approximate surface area is 149 Å². The zero-order valence-corrected chi connectivity index (χ0v) is 15.0. The molecular formula is C19H29N3O3. The third kappa shape index (κ3) is 4.93.